The minimum atomic E-state index is -1.07. The molecule has 0 saturated carbocycles. The standard InChI is InChI=1S/C6H4O4/c7-3-1-2-4(8)6(10)5(3)9/h1-2,7,9H. The lowest BCUT2D eigenvalue weighted by molar-refractivity contribution is -0.133. The van der Waals surface area contributed by atoms with Crippen molar-refractivity contribution in [1.29, 1.82) is 0 Å². The number of rotatable bonds is 0. The van der Waals surface area contributed by atoms with E-state index >= 15 is 0 Å². The summed E-state index contributed by atoms with van der Waals surface area (Å²) in [5, 5.41) is 17.3. The Morgan fingerprint density at radius 2 is 1.70 bits per heavy atom. The first-order valence-electron chi connectivity index (χ1n) is 2.52. The van der Waals surface area contributed by atoms with Crippen molar-refractivity contribution in [3.05, 3.63) is 23.7 Å². The Labute approximate surface area is 56.1 Å². The molecule has 0 bridgehead atoms. The van der Waals surface area contributed by atoms with Crippen molar-refractivity contribution in [2.24, 2.45) is 0 Å². The largest absolute Gasteiger partial charge is 0.504 e. The molecule has 0 radical (unpaired) electrons. The molecule has 4 nitrogen and oxygen atoms in total. The average molecular weight is 140 g/mol. The molecule has 0 heterocycles. The zero-order valence-electron chi connectivity index (χ0n) is 4.87. The number of hydrogen-bond acceptors (Lipinski definition) is 4. The van der Waals surface area contributed by atoms with E-state index in [4.69, 9.17) is 10.2 Å². The van der Waals surface area contributed by atoms with Crippen LogP contribution >= 0.6 is 0 Å². The molecule has 1 aliphatic carbocycles. The zero-order chi connectivity index (χ0) is 7.72. The summed E-state index contributed by atoms with van der Waals surface area (Å²) in [6.45, 7) is 0. The highest BCUT2D eigenvalue weighted by Crippen LogP contribution is 2.07. The molecule has 0 fully saturated rings. The van der Waals surface area contributed by atoms with Crippen LogP contribution in [0.5, 0.6) is 0 Å². The molecule has 0 aromatic carbocycles. The summed E-state index contributed by atoms with van der Waals surface area (Å²) in [6, 6.07) is 0. The third kappa shape index (κ3) is 0.793. The molecule has 0 aliphatic heterocycles. The van der Waals surface area contributed by atoms with Gasteiger partial charge in [0, 0.05) is 0 Å². The fourth-order valence-electron chi connectivity index (χ4n) is 0.542. The smallest absolute Gasteiger partial charge is 0.271 e. The lowest BCUT2D eigenvalue weighted by Gasteiger charge is -2.01. The normalized spacial score (nSPS) is 18.4. The second-order valence-electron chi connectivity index (χ2n) is 1.76. The fourth-order valence-corrected chi connectivity index (χ4v) is 0.542. The van der Waals surface area contributed by atoms with Gasteiger partial charge in [0.15, 0.2) is 5.76 Å². The van der Waals surface area contributed by atoms with Crippen molar-refractivity contribution < 1.29 is 19.8 Å². The van der Waals surface area contributed by atoms with Crippen molar-refractivity contribution >= 4 is 11.6 Å². The molecule has 0 aromatic heterocycles. The molecule has 0 spiro atoms. The zero-order valence-corrected chi connectivity index (χ0v) is 4.87. The van der Waals surface area contributed by atoms with E-state index in [1.807, 2.05) is 0 Å². The first-order chi connectivity index (χ1) is 4.63. The molecule has 0 amide bonds. The van der Waals surface area contributed by atoms with Crippen LogP contribution in [-0.2, 0) is 9.59 Å². The van der Waals surface area contributed by atoms with Crippen LogP contribution in [0.1, 0.15) is 0 Å². The molecular weight excluding hydrogens is 136 g/mol. The topological polar surface area (TPSA) is 74.6 Å². The van der Waals surface area contributed by atoms with Gasteiger partial charge in [-0.1, -0.05) is 0 Å². The molecule has 52 valence electrons. The van der Waals surface area contributed by atoms with E-state index in [1.54, 1.807) is 0 Å². The summed E-state index contributed by atoms with van der Waals surface area (Å²) in [5.41, 5.74) is 0. The maximum atomic E-state index is 10.5. The number of aliphatic hydroxyl groups is 2. The maximum absolute atomic E-state index is 10.5. The van der Waals surface area contributed by atoms with Crippen LogP contribution in [0.4, 0.5) is 0 Å². The third-order valence-electron chi connectivity index (χ3n) is 1.07. The predicted molar refractivity (Wildman–Crippen MR) is 31.4 cm³/mol. The summed E-state index contributed by atoms with van der Waals surface area (Å²) in [7, 11) is 0. The maximum Gasteiger partial charge on any atom is 0.271 e. The van der Waals surface area contributed by atoms with Crippen LogP contribution in [-0.4, -0.2) is 21.8 Å². The number of hydrogen-bond donors (Lipinski definition) is 2. The van der Waals surface area contributed by atoms with Gasteiger partial charge in [0.25, 0.3) is 5.78 Å². The molecular formula is C6H4O4. The van der Waals surface area contributed by atoms with Gasteiger partial charge in [-0.2, -0.15) is 0 Å². The number of carbonyl (C=O) groups excluding carboxylic acids is 2. The average Bonchev–Trinajstić information content (AvgIpc) is 1.93. The lowest BCUT2D eigenvalue weighted by atomic mass is 10.1. The van der Waals surface area contributed by atoms with Gasteiger partial charge in [0.1, 0.15) is 0 Å². The summed E-state index contributed by atoms with van der Waals surface area (Å²) >= 11 is 0. The Kier molecular flexibility index (Phi) is 1.30. The van der Waals surface area contributed by atoms with Gasteiger partial charge < -0.3 is 10.2 Å². The highest BCUT2D eigenvalue weighted by molar-refractivity contribution is 6.47. The van der Waals surface area contributed by atoms with Crippen LogP contribution < -0.4 is 0 Å². The Balaban J connectivity index is 3.11. The number of carbonyl (C=O) groups is 2. The van der Waals surface area contributed by atoms with Gasteiger partial charge >= 0.3 is 0 Å². The highest BCUT2D eigenvalue weighted by Gasteiger charge is 2.22. The Morgan fingerprint density at radius 1 is 1.10 bits per heavy atom. The summed E-state index contributed by atoms with van der Waals surface area (Å²) in [6.07, 6.45) is 1.87. The first kappa shape index (κ1) is 6.54. The number of aliphatic hydroxyl groups excluding tert-OH is 2. The fraction of sp³-hybridized carbons (Fsp3) is 0. The van der Waals surface area contributed by atoms with Gasteiger partial charge in [-0.3, -0.25) is 9.59 Å². The van der Waals surface area contributed by atoms with E-state index < -0.39 is 23.1 Å². The van der Waals surface area contributed by atoms with E-state index in [1.165, 1.54) is 0 Å². The van der Waals surface area contributed by atoms with Gasteiger partial charge in [-0.05, 0) is 12.2 Å². The predicted octanol–water partition coefficient (Wildman–Crippen LogP) is 0.0220. The summed E-state index contributed by atoms with van der Waals surface area (Å²) < 4.78 is 0. The highest BCUT2D eigenvalue weighted by atomic mass is 16.3. The van der Waals surface area contributed by atoms with Crippen molar-refractivity contribution in [2.45, 2.75) is 0 Å². The number of Topliss-reactive ketones (excluding diaryl/α,β-unsaturated/α-hetero) is 1. The van der Waals surface area contributed by atoms with Gasteiger partial charge in [-0.25, -0.2) is 0 Å². The monoisotopic (exact) mass is 140 g/mol. The van der Waals surface area contributed by atoms with Crippen molar-refractivity contribution in [2.75, 3.05) is 0 Å². The summed E-state index contributed by atoms with van der Waals surface area (Å²) in [5.74, 6) is -3.34. The molecule has 1 rings (SSSR count). The molecule has 0 atom stereocenters. The van der Waals surface area contributed by atoms with Crippen molar-refractivity contribution in [3.63, 3.8) is 0 Å². The minimum Gasteiger partial charge on any atom is -0.504 e. The lowest BCUT2D eigenvalue weighted by Crippen LogP contribution is -2.18. The van der Waals surface area contributed by atoms with Gasteiger partial charge in [-0.15, -0.1) is 0 Å². The van der Waals surface area contributed by atoms with Crippen LogP contribution in [0.2, 0.25) is 0 Å². The molecule has 0 aromatic rings. The molecule has 1 aliphatic rings. The van der Waals surface area contributed by atoms with Gasteiger partial charge in [0.05, 0.1) is 0 Å². The Hall–Kier alpha value is -1.58. The quantitative estimate of drug-likeness (QED) is 0.367. The SMILES string of the molecule is O=C1C=CC(O)=C(O)C1=O. The van der Waals surface area contributed by atoms with Crippen molar-refractivity contribution in [3.8, 4) is 0 Å². The van der Waals surface area contributed by atoms with E-state index in [2.05, 4.69) is 0 Å². The van der Waals surface area contributed by atoms with E-state index in [0.717, 1.165) is 12.2 Å². The Bertz CT molecular complexity index is 259. The molecule has 2 N–H and O–H groups in total. The Morgan fingerprint density at radius 3 is 2.20 bits per heavy atom. The second kappa shape index (κ2) is 1.98. The number of allylic oxidation sites excluding steroid dienone is 3. The molecule has 0 saturated heterocycles. The van der Waals surface area contributed by atoms with Crippen LogP contribution in [0.15, 0.2) is 23.7 Å². The molecule has 0 unspecified atom stereocenters. The van der Waals surface area contributed by atoms with Crippen LogP contribution in [0.3, 0.4) is 0 Å². The molecule has 10 heavy (non-hydrogen) atoms. The van der Waals surface area contributed by atoms with E-state index in [0.29, 0.717) is 0 Å². The summed E-state index contributed by atoms with van der Waals surface area (Å²) in [4.78, 5) is 20.9. The minimum absolute atomic E-state index is 0.565. The van der Waals surface area contributed by atoms with Crippen molar-refractivity contribution in [1.82, 2.24) is 0 Å². The number of ketones is 2. The molecule has 4 heteroatoms. The van der Waals surface area contributed by atoms with Gasteiger partial charge in [0.2, 0.25) is 11.5 Å². The van der Waals surface area contributed by atoms with Crippen LogP contribution in [0, 0.1) is 0 Å². The third-order valence-corrected chi connectivity index (χ3v) is 1.07. The van der Waals surface area contributed by atoms with E-state index in [-0.39, 0.29) is 0 Å². The second-order valence-corrected chi connectivity index (χ2v) is 1.76. The first-order valence-corrected chi connectivity index (χ1v) is 2.52. The van der Waals surface area contributed by atoms with E-state index in [9.17, 15) is 9.59 Å². The van der Waals surface area contributed by atoms with Crippen LogP contribution in [0.25, 0.3) is 0 Å².